The Labute approximate surface area is 155 Å². The first-order valence-corrected chi connectivity index (χ1v) is 9.97. The summed E-state index contributed by atoms with van der Waals surface area (Å²) in [7, 11) is -0.608. The molecule has 0 radical (unpaired) electrons. The van der Waals surface area contributed by atoms with Crippen molar-refractivity contribution in [3.05, 3.63) is 34.7 Å². The van der Waals surface area contributed by atoms with Gasteiger partial charge in [0.05, 0.1) is 18.6 Å². The number of nitrogens with one attached hydrogen (secondary N) is 2. The van der Waals surface area contributed by atoms with E-state index in [0.717, 1.165) is 0 Å². The van der Waals surface area contributed by atoms with Crippen molar-refractivity contribution in [1.29, 1.82) is 0 Å². The lowest BCUT2D eigenvalue weighted by atomic mass is 10.0. The molecule has 1 aromatic heterocycles. The highest BCUT2D eigenvalue weighted by molar-refractivity contribution is 9.10. The lowest BCUT2D eigenvalue weighted by Gasteiger charge is -2.15. The van der Waals surface area contributed by atoms with Crippen molar-refractivity contribution in [2.24, 2.45) is 0 Å². The molecular formula is C16H19BrFN3O3S. The molecule has 0 spiro atoms. The molecule has 9 heteroatoms. The average molecular weight is 432 g/mol. The Bertz CT molecular complexity index is 875. The minimum atomic E-state index is -3.59. The average Bonchev–Trinajstić information content (AvgIpc) is 2.54. The monoisotopic (exact) mass is 431 g/mol. The van der Waals surface area contributed by atoms with Gasteiger partial charge in [0, 0.05) is 23.3 Å². The van der Waals surface area contributed by atoms with Gasteiger partial charge in [-0.15, -0.1) is 0 Å². The minimum Gasteiger partial charge on any atom is -0.492 e. The first-order chi connectivity index (χ1) is 11.8. The molecule has 6 nitrogen and oxygen atoms in total. The van der Waals surface area contributed by atoms with Crippen LogP contribution in [0.4, 0.5) is 15.9 Å². The van der Waals surface area contributed by atoms with Gasteiger partial charge in [0.2, 0.25) is 10.0 Å². The molecule has 0 aliphatic heterocycles. The smallest absolute Gasteiger partial charge is 0.232 e. The molecule has 0 aliphatic rings. The summed E-state index contributed by atoms with van der Waals surface area (Å²) in [6.45, 7) is 1.75. The fourth-order valence-corrected chi connectivity index (χ4v) is 3.84. The van der Waals surface area contributed by atoms with E-state index in [0.29, 0.717) is 27.8 Å². The van der Waals surface area contributed by atoms with Gasteiger partial charge >= 0.3 is 0 Å². The van der Waals surface area contributed by atoms with E-state index in [-0.39, 0.29) is 17.2 Å². The summed E-state index contributed by atoms with van der Waals surface area (Å²) >= 11 is 3.34. The van der Waals surface area contributed by atoms with Gasteiger partial charge in [-0.3, -0.25) is 4.72 Å². The van der Waals surface area contributed by atoms with Gasteiger partial charge in [-0.25, -0.2) is 17.8 Å². The van der Waals surface area contributed by atoms with Crippen molar-refractivity contribution in [3.63, 3.8) is 0 Å². The van der Waals surface area contributed by atoms with Gasteiger partial charge in [-0.05, 0) is 46.1 Å². The highest BCUT2D eigenvalue weighted by atomic mass is 79.9. The SMILES string of the molecule is CCCS(=O)(=O)Nc1cc(-c2cc(Br)cnc2NC)cc(F)c1OC. The maximum atomic E-state index is 14.5. The van der Waals surface area contributed by atoms with Gasteiger partial charge < -0.3 is 10.1 Å². The number of benzene rings is 1. The van der Waals surface area contributed by atoms with Crippen LogP contribution in [-0.4, -0.2) is 33.3 Å². The van der Waals surface area contributed by atoms with E-state index < -0.39 is 15.8 Å². The van der Waals surface area contributed by atoms with Crippen LogP contribution in [0.15, 0.2) is 28.9 Å². The number of sulfonamides is 1. The second kappa shape index (κ2) is 8.01. The van der Waals surface area contributed by atoms with Crippen molar-refractivity contribution >= 4 is 37.5 Å². The zero-order valence-corrected chi connectivity index (χ0v) is 16.5. The van der Waals surface area contributed by atoms with Crippen molar-refractivity contribution in [3.8, 4) is 16.9 Å². The second-order valence-corrected chi connectivity index (χ2v) is 8.02. The van der Waals surface area contributed by atoms with E-state index in [9.17, 15) is 12.8 Å². The summed E-state index contributed by atoms with van der Waals surface area (Å²) in [6, 6.07) is 4.57. The predicted octanol–water partition coefficient (Wildman–Crippen LogP) is 3.85. The molecule has 2 aromatic rings. The number of halogens is 2. The zero-order chi connectivity index (χ0) is 18.6. The van der Waals surface area contributed by atoms with E-state index in [2.05, 4.69) is 31.0 Å². The van der Waals surface area contributed by atoms with Crippen LogP contribution in [0.1, 0.15) is 13.3 Å². The van der Waals surface area contributed by atoms with Gasteiger partial charge in [0.25, 0.3) is 0 Å². The molecule has 0 fully saturated rings. The molecule has 0 unspecified atom stereocenters. The Balaban J connectivity index is 2.61. The Kier molecular flexibility index (Phi) is 6.23. The molecule has 0 aliphatic carbocycles. The molecule has 0 amide bonds. The van der Waals surface area contributed by atoms with Crippen LogP contribution in [0.25, 0.3) is 11.1 Å². The van der Waals surface area contributed by atoms with Gasteiger partial charge in [0.1, 0.15) is 5.82 Å². The van der Waals surface area contributed by atoms with Crippen LogP contribution >= 0.6 is 15.9 Å². The number of hydrogen-bond donors (Lipinski definition) is 2. The molecule has 0 saturated carbocycles. The molecule has 0 atom stereocenters. The predicted molar refractivity (Wildman–Crippen MR) is 101 cm³/mol. The third-order valence-corrected chi connectivity index (χ3v) is 5.30. The highest BCUT2D eigenvalue weighted by Crippen LogP contribution is 2.37. The molecule has 2 N–H and O–H groups in total. The van der Waals surface area contributed by atoms with Crippen LogP contribution in [0.3, 0.4) is 0 Å². The molecule has 0 saturated heterocycles. The summed E-state index contributed by atoms with van der Waals surface area (Å²) in [5, 5.41) is 2.93. The number of nitrogens with zero attached hydrogens (tertiary/aromatic N) is 1. The lowest BCUT2D eigenvalue weighted by Crippen LogP contribution is -2.17. The van der Waals surface area contributed by atoms with Gasteiger partial charge in [0.15, 0.2) is 11.6 Å². The van der Waals surface area contributed by atoms with Crippen LogP contribution in [0.5, 0.6) is 5.75 Å². The number of pyridine rings is 1. The second-order valence-electron chi connectivity index (χ2n) is 5.26. The Morgan fingerprint density at radius 2 is 2.04 bits per heavy atom. The van der Waals surface area contributed by atoms with Crippen LogP contribution in [-0.2, 0) is 10.0 Å². The standard InChI is InChI=1S/C16H19BrFN3O3S/c1-4-5-25(22,23)21-14-7-10(6-13(18)15(14)24-3)12-8-11(17)9-20-16(12)19-2/h6-9,21H,4-5H2,1-3H3,(H,19,20). The molecule has 1 heterocycles. The third-order valence-electron chi connectivity index (χ3n) is 3.39. The van der Waals surface area contributed by atoms with Crippen LogP contribution < -0.4 is 14.8 Å². The number of aromatic nitrogens is 1. The third kappa shape index (κ3) is 4.60. The normalized spacial score (nSPS) is 11.2. The summed E-state index contributed by atoms with van der Waals surface area (Å²) in [5.74, 6) is -0.355. The number of anilines is 2. The van der Waals surface area contributed by atoms with Crippen molar-refractivity contribution in [1.82, 2.24) is 4.98 Å². The molecule has 1 aromatic carbocycles. The highest BCUT2D eigenvalue weighted by Gasteiger charge is 2.19. The topological polar surface area (TPSA) is 80.3 Å². The summed E-state index contributed by atoms with van der Waals surface area (Å²) in [4.78, 5) is 4.23. The van der Waals surface area contributed by atoms with Gasteiger partial charge in [-0.2, -0.15) is 0 Å². The molecule has 25 heavy (non-hydrogen) atoms. The summed E-state index contributed by atoms with van der Waals surface area (Å²) < 4.78 is 46.8. The number of rotatable bonds is 7. The molecule has 0 bridgehead atoms. The molecular weight excluding hydrogens is 413 g/mol. The molecule has 136 valence electrons. The zero-order valence-electron chi connectivity index (χ0n) is 14.1. The largest absolute Gasteiger partial charge is 0.492 e. The fraction of sp³-hybridized carbons (Fsp3) is 0.312. The Morgan fingerprint density at radius 3 is 2.64 bits per heavy atom. The van der Waals surface area contributed by atoms with Gasteiger partial charge in [-0.1, -0.05) is 6.92 Å². The van der Waals surface area contributed by atoms with Crippen molar-refractivity contribution < 1.29 is 17.5 Å². The number of methoxy groups -OCH3 is 1. The first kappa shape index (κ1) is 19.5. The van der Waals surface area contributed by atoms with E-state index in [1.54, 1.807) is 26.2 Å². The van der Waals surface area contributed by atoms with Crippen LogP contribution in [0.2, 0.25) is 0 Å². The lowest BCUT2D eigenvalue weighted by molar-refractivity contribution is 0.389. The quantitative estimate of drug-likeness (QED) is 0.695. The Morgan fingerprint density at radius 1 is 1.32 bits per heavy atom. The Hall–Kier alpha value is -1.87. The maximum Gasteiger partial charge on any atom is 0.232 e. The van der Waals surface area contributed by atoms with Crippen molar-refractivity contribution in [2.45, 2.75) is 13.3 Å². The van der Waals surface area contributed by atoms with E-state index in [4.69, 9.17) is 4.74 Å². The summed E-state index contributed by atoms with van der Waals surface area (Å²) in [6.07, 6.45) is 2.05. The maximum absolute atomic E-state index is 14.5. The van der Waals surface area contributed by atoms with E-state index in [1.165, 1.54) is 19.2 Å². The van der Waals surface area contributed by atoms with E-state index in [1.807, 2.05) is 0 Å². The fourth-order valence-electron chi connectivity index (χ4n) is 2.38. The summed E-state index contributed by atoms with van der Waals surface area (Å²) in [5.41, 5.74) is 1.13. The number of hydrogen-bond acceptors (Lipinski definition) is 5. The minimum absolute atomic E-state index is 0.0491. The van der Waals surface area contributed by atoms with Crippen molar-refractivity contribution in [2.75, 3.05) is 29.9 Å². The van der Waals surface area contributed by atoms with Crippen LogP contribution in [0, 0.1) is 5.82 Å². The number of ether oxygens (including phenoxy) is 1. The van der Waals surface area contributed by atoms with E-state index >= 15 is 0 Å². The first-order valence-electron chi connectivity index (χ1n) is 7.53. The molecule has 2 rings (SSSR count).